The first-order valence-corrected chi connectivity index (χ1v) is 8.09. The molecule has 0 radical (unpaired) electrons. The third-order valence-electron chi connectivity index (χ3n) is 4.60. The molecule has 2 aromatic rings. The van der Waals surface area contributed by atoms with Gasteiger partial charge in [-0.15, -0.1) is 0 Å². The van der Waals surface area contributed by atoms with E-state index in [0.717, 1.165) is 18.8 Å². The van der Waals surface area contributed by atoms with Gasteiger partial charge in [0, 0.05) is 24.7 Å². The summed E-state index contributed by atoms with van der Waals surface area (Å²) in [6, 6.07) is 16.2. The lowest BCUT2D eigenvalue weighted by atomic mass is 10.1. The Morgan fingerprint density at radius 1 is 1.04 bits per heavy atom. The van der Waals surface area contributed by atoms with Gasteiger partial charge in [-0.3, -0.25) is 4.79 Å². The van der Waals surface area contributed by atoms with Gasteiger partial charge in [-0.25, -0.2) is 0 Å². The van der Waals surface area contributed by atoms with Crippen LogP contribution in [0.3, 0.4) is 0 Å². The molecule has 2 aromatic carbocycles. The Morgan fingerprint density at radius 3 is 2.57 bits per heavy atom. The number of para-hydroxylation sites is 2. The fourth-order valence-corrected chi connectivity index (χ4v) is 3.27. The predicted octanol–water partition coefficient (Wildman–Crippen LogP) is 3.32. The molecule has 1 aliphatic carbocycles. The van der Waals surface area contributed by atoms with E-state index in [1.807, 2.05) is 41.3 Å². The SMILES string of the molecule is COc1cccc(C(=O)N2CCN(C3CC3)c3ccccc32)c1. The first-order valence-electron chi connectivity index (χ1n) is 8.09. The Morgan fingerprint density at radius 2 is 1.83 bits per heavy atom. The molecule has 0 saturated heterocycles. The molecule has 1 aliphatic heterocycles. The normalized spacial score (nSPS) is 16.9. The van der Waals surface area contributed by atoms with Gasteiger partial charge in [-0.05, 0) is 43.2 Å². The van der Waals surface area contributed by atoms with Crippen molar-refractivity contribution in [3.05, 3.63) is 54.1 Å². The van der Waals surface area contributed by atoms with Gasteiger partial charge in [-0.1, -0.05) is 18.2 Å². The number of nitrogens with zero attached hydrogens (tertiary/aromatic N) is 2. The van der Waals surface area contributed by atoms with Crippen molar-refractivity contribution in [1.29, 1.82) is 0 Å². The largest absolute Gasteiger partial charge is 0.497 e. The number of ether oxygens (including phenoxy) is 1. The molecule has 23 heavy (non-hydrogen) atoms. The molecule has 0 bridgehead atoms. The van der Waals surface area contributed by atoms with E-state index in [9.17, 15) is 4.79 Å². The van der Waals surface area contributed by atoms with E-state index in [1.54, 1.807) is 13.2 Å². The molecule has 0 atom stereocenters. The molecule has 1 amide bonds. The molecule has 0 unspecified atom stereocenters. The van der Waals surface area contributed by atoms with E-state index in [2.05, 4.69) is 11.0 Å². The first-order chi connectivity index (χ1) is 11.3. The number of rotatable bonds is 3. The predicted molar refractivity (Wildman–Crippen MR) is 91.5 cm³/mol. The van der Waals surface area contributed by atoms with Gasteiger partial charge in [0.15, 0.2) is 0 Å². The van der Waals surface area contributed by atoms with E-state index >= 15 is 0 Å². The average Bonchev–Trinajstić information content (AvgIpc) is 3.45. The van der Waals surface area contributed by atoms with Crippen LogP contribution < -0.4 is 14.5 Å². The third kappa shape index (κ3) is 2.54. The molecule has 1 saturated carbocycles. The molecule has 4 heteroatoms. The first kappa shape index (κ1) is 14.1. The highest BCUT2D eigenvalue weighted by atomic mass is 16.5. The minimum absolute atomic E-state index is 0.0341. The summed E-state index contributed by atoms with van der Waals surface area (Å²) in [5.74, 6) is 0.743. The number of carbonyl (C=O) groups is 1. The molecule has 1 fully saturated rings. The quantitative estimate of drug-likeness (QED) is 0.872. The summed E-state index contributed by atoms with van der Waals surface area (Å²) < 4.78 is 5.24. The summed E-state index contributed by atoms with van der Waals surface area (Å²) in [5, 5.41) is 0. The Kier molecular flexibility index (Phi) is 3.45. The van der Waals surface area contributed by atoms with Crippen LogP contribution in [0.4, 0.5) is 11.4 Å². The van der Waals surface area contributed by atoms with Crippen molar-refractivity contribution >= 4 is 17.3 Å². The fraction of sp³-hybridized carbons (Fsp3) is 0.316. The van der Waals surface area contributed by atoms with Crippen LogP contribution in [0.15, 0.2) is 48.5 Å². The van der Waals surface area contributed by atoms with Crippen LogP contribution in [-0.4, -0.2) is 32.1 Å². The van der Waals surface area contributed by atoms with Crippen LogP contribution in [-0.2, 0) is 0 Å². The van der Waals surface area contributed by atoms with E-state index in [0.29, 0.717) is 17.4 Å². The van der Waals surface area contributed by atoms with Crippen LogP contribution >= 0.6 is 0 Å². The monoisotopic (exact) mass is 308 g/mol. The molecule has 4 rings (SSSR count). The van der Waals surface area contributed by atoms with Gasteiger partial charge in [0.25, 0.3) is 5.91 Å². The van der Waals surface area contributed by atoms with Gasteiger partial charge in [0.1, 0.15) is 5.75 Å². The number of methoxy groups -OCH3 is 1. The zero-order valence-corrected chi connectivity index (χ0v) is 13.2. The molecule has 4 nitrogen and oxygen atoms in total. The number of amides is 1. The molecule has 1 heterocycles. The van der Waals surface area contributed by atoms with Gasteiger partial charge in [0.2, 0.25) is 0 Å². The van der Waals surface area contributed by atoms with Crippen molar-refractivity contribution in [2.75, 3.05) is 30.0 Å². The highest BCUT2D eigenvalue weighted by molar-refractivity contribution is 6.08. The van der Waals surface area contributed by atoms with Crippen LogP contribution in [0.5, 0.6) is 5.75 Å². The van der Waals surface area contributed by atoms with E-state index in [4.69, 9.17) is 4.74 Å². The summed E-state index contributed by atoms with van der Waals surface area (Å²) >= 11 is 0. The summed E-state index contributed by atoms with van der Waals surface area (Å²) in [5.41, 5.74) is 2.86. The topological polar surface area (TPSA) is 32.8 Å². The minimum atomic E-state index is 0.0341. The number of benzene rings is 2. The molecule has 118 valence electrons. The molecule has 2 aliphatic rings. The molecule has 0 spiro atoms. The Balaban J connectivity index is 1.68. The lowest BCUT2D eigenvalue weighted by Gasteiger charge is -2.38. The highest BCUT2D eigenvalue weighted by Gasteiger charge is 2.35. The number of anilines is 2. The summed E-state index contributed by atoms with van der Waals surface area (Å²) in [6.45, 7) is 1.63. The molecule has 0 N–H and O–H groups in total. The second-order valence-corrected chi connectivity index (χ2v) is 6.10. The Labute approximate surface area is 136 Å². The maximum Gasteiger partial charge on any atom is 0.258 e. The summed E-state index contributed by atoms with van der Waals surface area (Å²) in [7, 11) is 1.62. The minimum Gasteiger partial charge on any atom is -0.497 e. The molecular weight excluding hydrogens is 288 g/mol. The Hall–Kier alpha value is -2.49. The lowest BCUT2D eigenvalue weighted by Crippen LogP contribution is -2.45. The van der Waals surface area contributed by atoms with Gasteiger partial charge in [-0.2, -0.15) is 0 Å². The van der Waals surface area contributed by atoms with Crippen LogP contribution in [0.2, 0.25) is 0 Å². The van der Waals surface area contributed by atoms with Crippen molar-refractivity contribution in [3.8, 4) is 5.75 Å². The number of hydrogen-bond donors (Lipinski definition) is 0. The molecular formula is C19H20N2O2. The van der Waals surface area contributed by atoms with Crippen LogP contribution in [0.1, 0.15) is 23.2 Å². The fourth-order valence-electron chi connectivity index (χ4n) is 3.27. The summed E-state index contributed by atoms with van der Waals surface area (Å²) in [4.78, 5) is 17.3. The van der Waals surface area contributed by atoms with E-state index < -0.39 is 0 Å². The second kappa shape index (κ2) is 5.61. The van der Waals surface area contributed by atoms with E-state index in [1.165, 1.54) is 18.5 Å². The summed E-state index contributed by atoms with van der Waals surface area (Å²) in [6.07, 6.45) is 2.52. The molecule has 0 aromatic heterocycles. The highest BCUT2D eigenvalue weighted by Crippen LogP contribution is 2.40. The van der Waals surface area contributed by atoms with Crippen LogP contribution in [0.25, 0.3) is 0 Å². The van der Waals surface area contributed by atoms with Gasteiger partial charge < -0.3 is 14.5 Å². The van der Waals surface area contributed by atoms with Crippen molar-refractivity contribution in [3.63, 3.8) is 0 Å². The zero-order chi connectivity index (χ0) is 15.8. The zero-order valence-electron chi connectivity index (χ0n) is 13.2. The third-order valence-corrected chi connectivity index (χ3v) is 4.60. The van der Waals surface area contributed by atoms with E-state index in [-0.39, 0.29) is 5.91 Å². The van der Waals surface area contributed by atoms with Gasteiger partial charge >= 0.3 is 0 Å². The average molecular weight is 308 g/mol. The smallest absolute Gasteiger partial charge is 0.258 e. The Bertz CT molecular complexity index is 740. The lowest BCUT2D eigenvalue weighted by molar-refractivity contribution is 0.0986. The maximum atomic E-state index is 13.0. The van der Waals surface area contributed by atoms with Crippen molar-refractivity contribution < 1.29 is 9.53 Å². The standard InChI is InChI=1S/C19H20N2O2/c1-23-16-6-4-5-14(13-16)19(22)21-12-11-20(15-9-10-15)17-7-2-3-8-18(17)21/h2-8,13,15H,9-12H2,1H3. The van der Waals surface area contributed by atoms with Crippen LogP contribution in [0, 0.1) is 0 Å². The number of fused-ring (bicyclic) bond motifs is 1. The second-order valence-electron chi connectivity index (χ2n) is 6.10. The maximum absolute atomic E-state index is 13.0. The van der Waals surface area contributed by atoms with Crippen molar-refractivity contribution in [1.82, 2.24) is 0 Å². The van der Waals surface area contributed by atoms with Crippen molar-refractivity contribution in [2.45, 2.75) is 18.9 Å². The number of carbonyl (C=O) groups excluding carboxylic acids is 1. The van der Waals surface area contributed by atoms with Crippen molar-refractivity contribution in [2.24, 2.45) is 0 Å². The van der Waals surface area contributed by atoms with Gasteiger partial charge in [0.05, 0.1) is 18.5 Å². The number of hydrogen-bond acceptors (Lipinski definition) is 3.